The molecular weight excluding hydrogens is 543 g/mol. The summed E-state index contributed by atoms with van der Waals surface area (Å²) in [6.45, 7) is 0.632. The molecule has 9 rings (SSSR count). The lowest BCUT2D eigenvalue weighted by atomic mass is 9.42. The van der Waals surface area contributed by atoms with Crippen LogP contribution in [0.1, 0.15) is 93.8 Å². The third-order valence-corrected chi connectivity index (χ3v) is 11.3. The molecule has 7 nitrogen and oxygen atoms in total. The van der Waals surface area contributed by atoms with Gasteiger partial charge in [0.05, 0.1) is 18.1 Å². The van der Waals surface area contributed by atoms with Gasteiger partial charge in [-0.1, -0.05) is 36.2 Å². The zero-order valence-electron chi connectivity index (χ0n) is 24.7. The average molecular weight is 581 g/mol. The van der Waals surface area contributed by atoms with Crippen LogP contribution in [0.5, 0.6) is 5.75 Å². The second-order valence-corrected chi connectivity index (χ2v) is 14.1. The first-order chi connectivity index (χ1) is 20.8. The van der Waals surface area contributed by atoms with Gasteiger partial charge in [-0.05, 0) is 105 Å². The van der Waals surface area contributed by atoms with Gasteiger partial charge in [0.2, 0.25) is 11.8 Å². The molecule has 4 bridgehead atoms. The maximum atomic E-state index is 14.6. The summed E-state index contributed by atoms with van der Waals surface area (Å²) in [5.41, 5.74) is 1.37. The van der Waals surface area contributed by atoms with Crippen LogP contribution in [-0.2, 0) is 10.2 Å². The van der Waals surface area contributed by atoms with Crippen molar-refractivity contribution in [3.8, 4) is 22.9 Å². The van der Waals surface area contributed by atoms with E-state index in [0.29, 0.717) is 54.9 Å². The highest BCUT2D eigenvalue weighted by atomic mass is 19.1. The van der Waals surface area contributed by atoms with Gasteiger partial charge in [0.15, 0.2) is 5.82 Å². The number of anilines is 1. The third-order valence-electron chi connectivity index (χ3n) is 11.3. The third kappa shape index (κ3) is 4.38. The van der Waals surface area contributed by atoms with Gasteiger partial charge >= 0.3 is 0 Å². The summed E-state index contributed by atoms with van der Waals surface area (Å²) < 4.78 is 25.8. The number of nitrogens with zero attached hydrogens (tertiary/aromatic N) is 4. The summed E-state index contributed by atoms with van der Waals surface area (Å²) in [5, 5.41) is 14.0. The van der Waals surface area contributed by atoms with E-state index >= 15 is 0 Å². The number of rotatable bonds is 8. The normalized spacial score (nSPS) is 32.2. The molecule has 0 N–H and O–H groups in total. The number of benzene rings is 2. The molecule has 6 fully saturated rings. The molecule has 0 aliphatic heterocycles. The molecule has 6 aliphatic carbocycles. The minimum atomic E-state index is -1.14. The largest absolute Gasteiger partial charge is 0.495 e. The number of carbonyl (C=O) groups excluding carboxylic acids is 1. The van der Waals surface area contributed by atoms with Crippen LogP contribution < -0.4 is 9.64 Å². The number of fused-ring (bicyclic) bond motifs is 2. The summed E-state index contributed by atoms with van der Waals surface area (Å²) in [6, 6.07) is 15.8. The highest BCUT2D eigenvalue weighted by molar-refractivity contribution is 6.00. The molecule has 6 aliphatic rings. The molecule has 0 saturated heterocycles. The Balaban J connectivity index is 1.08. The smallest absolute Gasteiger partial charge is 0.233 e. The van der Waals surface area contributed by atoms with E-state index in [1.807, 2.05) is 41.3 Å². The first-order valence-corrected chi connectivity index (χ1v) is 15.9. The first kappa shape index (κ1) is 26.9. The summed E-state index contributed by atoms with van der Waals surface area (Å²) in [7, 11) is 1.56. The van der Waals surface area contributed by atoms with E-state index in [0.717, 1.165) is 79.9 Å². The van der Waals surface area contributed by atoms with Gasteiger partial charge in [0.25, 0.3) is 0 Å². The highest BCUT2D eigenvalue weighted by Gasteiger charge is 2.73. The van der Waals surface area contributed by atoms with Gasteiger partial charge in [-0.2, -0.15) is 10.2 Å². The standard InChI is InChI=1S/C35H37FN4O3/c1-42-29-10-9-24(14-27(29)17-37)23-4-2-6-28(15-23)40(32(41)34-19-35(36,20-34)21-34)18-26-11-13-33(12-3-5-25(26)16-33)31-38-30(39-43-31)22-7-8-22/h2,4,6,9-10,14-15,22,25-26H,3,5,7-8,11-13,16,18-21H2,1H3. The molecule has 6 saturated carbocycles. The number of methoxy groups -OCH3 is 1. The Morgan fingerprint density at radius 3 is 2.67 bits per heavy atom. The number of hydrogen-bond acceptors (Lipinski definition) is 6. The van der Waals surface area contributed by atoms with Crippen molar-refractivity contribution in [2.24, 2.45) is 17.3 Å². The lowest BCUT2D eigenvalue weighted by Crippen LogP contribution is -2.70. The maximum Gasteiger partial charge on any atom is 0.233 e. The Kier molecular flexibility index (Phi) is 6.02. The topological polar surface area (TPSA) is 92.2 Å². The van der Waals surface area contributed by atoms with Gasteiger partial charge in [-0.25, -0.2) is 4.39 Å². The second kappa shape index (κ2) is 9.64. The minimum Gasteiger partial charge on any atom is -0.495 e. The molecule has 222 valence electrons. The summed E-state index contributed by atoms with van der Waals surface area (Å²) in [5.74, 6) is 3.61. The fourth-order valence-electron chi connectivity index (χ4n) is 8.78. The van der Waals surface area contributed by atoms with Crippen molar-refractivity contribution in [1.29, 1.82) is 5.26 Å². The van der Waals surface area contributed by atoms with Gasteiger partial charge < -0.3 is 14.2 Å². The van der Waals surface area contributed by atoms with Gasteiger partial charge in [-0.3, -0.25) is 4.79 Å². The Bertz CT molecular complexity index is 1620. The monoisotopic (exact) mass is 580 g/mol. The van der Waals surface area contributed by atoms with Crippen molar-refractivity contribution in [2.45, 2.75) is 87.6 Å². The number of nitriles is 1. The number of amides is 1. The zero-order valence-corrected chi connectivity index (χ0v) is 24.7. The van der Waals surface area contributed by atoms with Gasteiger partial charge in [0.1, 0.15) is 17.5 Å². The van der Waals surface area contributed by atoms with E-state index in [4.69, 9.17) is 14.2 Å². The van der Waals surface area contributed by atoms with Gasteiger partial charge in [0, 0.05) is 23.6 Å². The summed E-state index contributed by atoms with van der Waals surface area (Å²) >= 11 is 0. The van der Waals surface area contributed by atoms with Crippen molar-refractivity contribution in [3.63, 3.8) is 0 Å². The Morgan fingerprint density at radius 1 is 1.12 bits per heavy atom. The number of alkyl halides is 1. The molecule has 3 atom stereocenters. The van der Waals surface area contributed by atoms with E-state index in [1.165, 1.54) is 0 Å². The molecule has 0 radical (unpaired) electrons. The van der Waals surface area contributed by atoms with Crippen LogP contribution in [0, 0.1) is 28.6 Å². The van der Waals surface area contributed by atoms with Crippen molar-refractivity contribution in [2.75, 3.05) is 18.6 Å². The molecule has 1 aromatic heterocycles. The zero-order chi connectivity index (χ0) is 29.4. The fraction of sp³-hybridized carbons (Fsp3) is 0.543. The number of hydrogen-bond donors (Lipinski definition) is 0. The molecule has 8 heteroatoms. The number of carbonyl (C=O) groups is 1. The number of ether oxygens (including phenoxy) is 1. The maximum absolute atomic E-state index is 14.6. The first-order valence-electron chi connectivity index (χ1n) is 15.9. The van der Waals surface area contributed by atoms with Crippen LogP contribution in [0.2, 0.25) is 0 Å². The van der Waals surface area contributed by atoms with Crippen molar-refractivity contribution >= 4 is 11.6 Å². The van der Waals surface area contributed by atoms with Crippen LogP contribution in [0.15, 0.2) is 47.0 Å². The lowest BCUT2D eigenvalue weighted by molar-refractivity contribution is -0.211. The van der Waals surface area contributed by atoms with Gasteiger partial charge in [-0.15, -0.1) is 0 Å². The van der Waals surface area contributed by atoms with Crippen molar-refractivity contribution < 1.29 is 18.4 Å². The van der Waals surface area contributed by atoms with Crippen LogP contribution in [0.25, 0.3) is 11.1 Å². The molecule has 43 heavy (non-hydrogen) atoms. The summed E-state index contributed by atoms with van der Waals surface area (Å²) in [4.78, 5) is 21.1. The predicted octanol–water partition coefficient (Wildman–Crippen LogP) is 7.26. The highest BCUT2D eigenvalue weighted by Crippen LogP contribution is 2.70. The lowest BCUT2D eigenvalue weighted by Gasteiger charge is -2.65. The van der Waals surface area contributed by atoms with Crippen LogP contribution in [0.3, 0.4) is 0 Å². The Morgan fingerprint density at radius 2 is 1.93 bits per heavy atom. The minimum absolute atomic E-state index is 0.0460. The quantitative estimate of drug-likeness (QED) is 0.279. The van der Waals surface area contributed by atoms with Crippen LogP contribution >= 0.6 is 0 Å². The SMILES string of the molecule is COc1ccc(-c2cccc(N(CC3CCC4(c5nc(C6CC6)no5)CCCC3C4)C(=O)C34CC(F)(C3)C4)c2)cc1C#N. The molecular formula is C35H37FN4O3. The van der Waals surface area contributed by atoms with E-state index < -0.39 is 11.1 Å². The number of aromatic nitrogens is 2. The van der Waals surface area contributed by atoms with E-state index in [9.17, 15) is 14.4 Å². The predicted molar refractivity (Wildman–Crippen MR) is 158 cm³/mol. The van der Waals surface area contributed by atoms with E-state index in [1.54, 1.807) is 13.2 Å². The van der Waals surface area contributed by atoms with Crippen molar-refractivity contribution in [1.82, 2.24) is 10.1 Å². The molecule has 3 unspecified atom stereocenters. The van der Waals surface area contributed by atoms with E-state index in [-0.39, 0.29) is 11.3 Å². The van der Waals surface area contributed by atoms with Crippen LogP contribution in [-0.4, -0.2) is 35.4 Å². The Hall–Kier alpha value is -3.73. The summed E-state index contributed by atoms with van der Waals surface area (Å²) in [6.07, 6.45) is 9.70. The second-order valence-electron chi connectivity index (χ2n) is 14.1. The number of halogens is 1. The average Bonchev–Trinajstić information content (AvgIpc) is 3.73. The molecule has 3 aromatic rings. The fourth-order valence-corrected chi connectivity index (χ4v) is 8.78. The molecule has 2 aromatic carbocycles. The molecule has 0 spiro atoms. The molecule has 1 amide bonds. The van der Waals surface area contributed by atoms with Crippen LogP contribution in [0.4, 0.5) is 10.1 Å². The molecule has 1 heterocycles. The van der Waals surface area contributed by atoms with Crippen molar-refractivity contribution in [3.05, 3.63) is 59.7 Å². The van der Waals surface area contributed by atoms with E-state index in [2.05, 4.69) is 11.2 Å². The Labute approximate surface area is 251 Å².